The van der Waals surface area contributed by atoms with E-state index in [2.05, 4.69) is 5.32 Å². The maximum atomic E-state index is 12.1. The lowest BCUT2D eigenvalue weighted by Crippen LogP contribution is -2.26. The van der Waals surface area contributed by atoms with E-state index in [-0.39, 0.29) is 16.1 Å². The fourth-order valence-corrected chi connectivity index (χ4v) is 2.10. The largest absolute Gasteiger partial charge is 0.545 e. The first-order valence-corrected chi connectivity index (χ1v) is 6.31. The molecule has 2 aromatic rings. The smallest absolute Gasteiger partial charge is 0.256 e. The fourth-order valence-electron chi connectivity index (χ4n) is 1.64. The number of carbonyl (C=O) groups is 2. The van der Waals surface area contributed by atoms with Crippen molar-refractivity contribution in [3.05, 3.63) is 63.6 Å². The Morgan fingerprint density at radius 1 is 1.00 bits per heavy atom. The Hall–Kier alpha value is -2.04. The highest BCUT2D eigenvalue weighted by Gasteiger charge is 2.13. The Morgan fingerprint density at radius 3 is 2.25 bits per heavy atom. The Balaban J connectivity index is 2.31. The summed E-state index contributed by atoms with van der Waals surface area (Å²) in [6.45, 7) is 0. The first-order valence-electron chi connectivity index (χ1n) is 5.56. The molecular formula is C14H8Cl2NO3-. The minimum atomic E-state index is -1.42. The molecule has 2 aromatic carbocycles. The highest BCUT2D eigenvalue weighted by Crippen LogP contribution is 2.26. The minimum Gasteiger partial charge on any atom is -0.545 e. The number of benzene rings is 2. The van der Waals surface area contributed by atoms with Crippen molar-refractivity contribution in [2.45, 2.75) is 0 Å². The van der Waals surface area contributed by atoms with E-state index in [1.807, 2.05) is 0 Å². The molecule has 0 aromatic heterocycles. The number of anilines is 1. The molecule has 0 unspecified atom stereocenters. The van der Waals surface area contributed by atoms with E-state index < -0.39 is 11.9 Å². The average molecular weight is 309 g/mol. The number of aromatic carboxylic acids is 1. The van der Waals surface area contributed by atoms with Crippen molar-refractivity contribution in [1.29, 1.82) is 0 Å². The van der Waals surface area contributed by atoms with Gasteiger partial charge in [-0.2, -0.15) is 0 Å². The van der Waals surface area contributed by atoms with Crippen molar-refractivity contribution < 1.29 is 14.7 Å². The quantitative estimate of drug-likeness (QED) is 0.947. The molecular weight excluding hydrogens is 301 g/mol. The van der Waals surface area contributed by atoms with E-state index in [0.717, 1.165) is 0 Å². The Kier molecular flexibility index (Phi) is 4.27. The number of nitrogens with one attached hydrogen (secondary N) is 1. The number of rotatable bonds is 3. The topological polar surface area (TPSA) is 69.2 Å². The number of carboxylic acids is 1. The lowest BCUT2D eigenvalue weighted by Gasteiger charge is -2.11. The summed E-state index contributed by atoms with van der Waals surface area (Å²) >= 11 is 11.7. The van der Waals surface area contributed by atoms with Crippen LogP contribution in [-0.2, 0) is 0 Å². The second-order valence-corrected chi connectivity index (χ2v) is 4.75. The van der Waals surface area contributed by atoms with Crippen LogP contribution in [0.2, 0.25) is 10.0 Å². The third-order valence-electron chi connectivity index (χ3n) is 2.57. The summed E-state index contributed by atoms with van der Waals surface area (Å²) in [5, 5.41) is 14.2. The molecule has 0 bridgehead atoms. The zero-order chi connectivity index (χ0) is 14.7. The normalized spacial score (nSPS) is 10.1. The summed E-state index contributed by atoms with van der Waals surface area (Å²) < 4.78 is 0. The van der Waals surface area contributed by atoms with Crippen LogP contribution in [0, 0.1) is 0 Å². The molecule has 0 aliphatic carbocycles. The van der Waals surface area contributed by atoms with E-state index in [1.54, 1.807) is 12.1 Å². The van der Waals surface area contributed by atoms with Gasteiger partial charge in [0.1, 0.15) is 0 Å². The summed E-state index contributed by atoms with van der Waals surface area (Å²) in [4.78, 5) is 23.0. The first-order chi connectivity index (χ1) is 9.49. The third-order valence-corrected chi connectivity index (χ3v) is 3.12. The molecule has 6 heteroatoms. The van der Waals surface area contributed by atoms with E-state index >= 15 is 0 Å². The Bertz CT molecular complexity index is 686. The number of carbonyl (C=O) groups excluding carboxylic acids is 2. The van der Waals surface area contributed by atoms with E-state index in [0.29, 0.717) is 10.7 Å². The van der Waals surface area contributed by atoms with Crippen LogP contribution in [-0.4, -0.2) is 11.9 Å². The molecule has 0 aliphatic rings. The summed E-state index contributed by atoms with van der Waals surface area (Å²) in [6.07, 6.45) is 0. The number of amides is 1. The van der Waals surface area contributed by atoms with Gasteiger partial charge in [0.2, 0.25) is 0 Å². The van der Waals surface area contributed by atoms with Gasteiger partial charge in [0.15, 0.2) is 0 Å². The van der Waals surface area contributed by atoms with Crippen LogP contribution in [0.1, 0.15) is 20.7 Å². The molecule has 4 nitrogen and oxygen atoms in total. The van der Waals surface area contributed by atoms with Crippen LogP contribution in [0.4, 0.5) is 5.69 Å². The van der Waals surface area contributed by atoms with Crippen LogP contribution in [0.25, 0.3) is 0 Å². The predicted octanol–water partition coefficient (Wildman–Crippen LogP) is 2.61. The predicted molar refractivity (Wildman–Crippen MR) is 75.2 cm³/mol. The summed E-state index contributed by atoms with van der Waals surface area (Å²) in [5.41, 5.74) is 0.155. The highest BCUT2D eigenvalue weighted by molar-refractivity contribution is 6.36. The maximum Gasteiger partial charge on any atom is 0.256 e. The maximum absolute atomic E-state index is 12.1. The molecule has 0 radical (unpaired) electrons. The molecule has 0 spiro atoms. The van der Waals surface area contributed by atoms with Crippen molar-refractivity contribution in [3.8, 4) is 0 Å². The van der Waals surface area contributed by atoms with Crippen molar-refractivity contribution in [2.75, 3.05) is 5.32 Å². The highest BCUT2D eigenvalue weighted by atomic mass is 35.5. The van der Waals surface area contributed by atoms with Crippen LogP contribution in [0.5, 0.6) is 0 Å². The van der Waals surface area contributed by atoms with Gasteiger partial charge in [-0.15, -0.1) is 0 Å². The molecule has 1 N–H and O–H groups in total. The van der Waals surface area contributed by atoms with Crippen molar-refractivity contribution in [3.63, 3.8) is 0 Å². The van der Waals surface area contributed by atoms with Crippen molar-refractivity contribution >= 4 is 40.8 Å². The van der Waals surface area contributed by atoms with Crippen LogP contribution in [0.15, 0.2) is 42.5 Å². The summed E-state index contributed by atoms with van der Waals surface area (Å²) in [6, 6.07) is 10.3. The standard InChI is InChI=1S/C14H9Cl2NO3/c15-8-5-6-12(11(16)7-8)17-13(18)9-3-1-2-4-10(9)14(19)20/h1-7H,(H,17,18)(H,19,20)/p-1. The zero-order valence-corrected chi connectivity index (χ0v) is 11.5. The van der Waals surface area contributed by atoms with Crippen molar-refractivity contribution in [2.24, 2.45) is 0 Å². The molecule has 1 amide bonds. The lowest BCUT2D eigenvalue weighted by molar-refractivity contribution is -0.255. The number of hydrogen-bond acceptors (Lipinski definition) is 3. The third kappa shape index (κ3) is 3.10. The van der Waals surface area contributed by atoms with Gasteiger partial charge in [-0.05, 0) is 24.3 Å². The molecule has 0 atom stereocenters. The molecule has 2 rings (SSSR count). The SMILES string of the molecule is O=C([O-])c1ccccc1C(=O)Nc1ccc(Cl)cc1Cl. The molecule has 0 heterocycles. The zero-order valence-electron chi connectivity index (χ0n) is 10.0. The first kappa shape index (κ1) is 14.4. The second kappa shape index (κ2) is 5.94. The molecule has 0 saturated heterocycles. The Morgan fingerprint density at radius 2 is 1.65 bits per heavy atom. The van der Waals surface area contributed by atoms with Crippen LogP contribution in [0.3, 0.4) is 0 Å². The fraction of sp³-hybridized carbons (Fsp3) is 0. The number of halogens is 2. The molecule has 0 fully saturated rings. The van der Waals surface area contributed by atoms with Crippen LogP contribution >= 0.6 is 23.2 Å². The minimum absolute atomic E-state index is 0.00137. The molecule has 102 valence electrons. The lowest BCUT2D eigenvalue weighted by atomic mass is 10.1. The molecule has 0 saturated carbocycles. The van der Waals surface area contributed by atoms with Crippen LogP contribution < -0.4 is 10.4 Å². The number of carboxylic acid groups (broad SMARTS) is 1. The summed E-state index contributed by atoms with van der Waals surface area (Å²) in [7, 11) is 0. The monoisotopic (exact) mass is 308 g/mol. The van der Waals surface area contributed by atoms with E-state index in [1.165, 1.54) is 30.3 Å². The molecule has 20 heavy (non-hydrogen) atoms. The van der Waals surface area contributed by atoms with Gasteiger partial charge in [-0.3, -0.25) is 4.79 Å². The van der Waals surface area contributed by atoms with Gasteiger partial charge in [0.25, 0.3) is 5.91 Å². The van der Waals surface area contributed by atoms with Gasteiger partial charge in [0, 0.05) is 16.1 Å². The molecule has 0 aliphatic heterocycles. The Labute approximate surface area is 124 Å². The van der Waals surface area contributed by atoms with E-state index in [4.69, 9.17) is 23.2 Å². The van der Waals surface area contributed by atoms with E-state index in [9.17, 15) is 14.7 Å². The van der Waals surface area contributed by atoms with Gasteiger partial charge in [0.05, 0.1) is 16.7 Å². The average Bonchev–Trinajstić information content (AvgIpc) is 2.41. The second-order valence-electron chi connectivity index (χ2n) is 3.91. The van der Waals surface area contributed by atoms with Crippen molar-refractivity contribution in [1.82, 2.24) is 0 Å². The van der Waals surface area contributed by atoms with Gasteiger partial charge in [-0.25, -0.2) is 0 Å². The van der Waals surface area contributed by atoms with Gasteiger partial charge >= 0.3 is 0 Å². The van der Waals surface area contributed by atoms with Gasteiger partial charge < -0.3 is 15.2 Å². The number of hydrogen-bond donors (Lipinski definition) is 1. The van der Waals surface area contributed by atoms with Gasteiger partial charge in [-0.1, -0.05) is 41.4 Å². The summed E-state index contributed by atoms with van der Waals surface area (Å²) in [5.74, 6) is -2.01.